The number of nitrogens with one attached hydrogen (secondary N) is 1. The molecule has 0 saturated carbocycles. The van der Waals surface area contributed by atoms with Crippen LogP contribution in [0.3, 0.4) is 0 Å². The van der Waals surface area contributed by atoms with Crippen LogP contribution in [-0.4, -0.2) is 28.6 Å². The van der Waals surface area contributed by atoms with Crippen LogP contribution in [0.4, 0.5) is 10.5 Å². The van der Waals surface area contributed by atoms with E-state index in [1.807, 2.05) is 73.7 Å². The van der Waals surface area contributed by atoms with E-state index in [9.17, 15) is 14.4 Å². The van der Waals surface area contributed by atoms with E-state index < -0.39 is 0 Å². The third-order valence-corrected chi connectivity index (χ3v) is 7.23. The van der Waals surface area contributed by atoms with Crippen LogP contribution >= 0.6 is 23.4 Å². The molecule has 1 fully saturated rings. The van der Waals surface area contributed by atoms with Crippen LogP contribution in [0.2, 0.25) is 5.02 Å². The molecular formula is C30H23ClN2O4S. The number of fused-ring (bicyclic) bond motifs is 1. The molecule has 0 atom stereocenters. The molecular weight excluding hydrogens is 520 g/mol. The minimum Gasteiger partial charge on any atom is -0.482 e. The molecule has 1 heterocycles. The number of hydrogen-bond acceptors (Lipinski definition) is 5. The standard InChI is InChI=1S/C30H23ClN2O4S/c1-19-9-12-23(13-10-19)32-28(34)18-37-26-14-11-20(15-25(26)31)16-27-29(35)33(30(36)38-27)17-22-7-4-6-21-5-2-3-8-24(21)22/h2-16H,17-18H2,1H3,(H,32,34)/b27-16+. The maximum absolute atomic E-state index is 13.1. The molecule has 38 heavy (non-hydrogen) atoms. The summed E-state index contributed by atoms with van der Waals surface area (Å²) >= 11 is 7.28. The highest BCUT2D eigenvalue weighted by Gasteiger charge is 2.35. The second-order valence-corrected chi connectivity index (χ2v) is 10.2. The number of imide groups is 1. The van der Waals surface area contributed by atoms with Crippen LogP contribution < -0.4 is 10.1 Å². The first kappa shape index (κ1) is 25.6. The molecule has 4 aromatic rings. The first-order valence-electron chi connectivity index (χ1n) is 11.9. The summed E-state index contributed by atoms with van der Waals surface area (Å²) in [6, 6.07) is 26.2. The average molecular weight is 543 g/mol. The van der Waals surface area contributed by atoms with Gasteiger partial charge in [0.1, 0.15) is 5.75 Å². The van der Waals surface area contributed by atoms with E-state index in [-0.39, 0.29) is 35.2 Å². The quantitative estimate of drug-likeness (QED) is 0.253. The number of aryl methyl sites for hydroxylation is 1. The Balaban J connectivity index is 1.24. The van der Waals surface area contributed by atoms with Gasteiger partial charge in [-0.3, -0.25) is 19.3 Å². The molecule has 0 aliphatic carbocycles. The number of anilines is 1. The topological polar surface area (TPSA) is 75.7 Å². The zero-order chi connectivity index (χ0) is 26.6. The van der Waals surface area contributed by atoms with E-state index in [1.165, 1.54) is 4.90 Å². The highest BCUT2D eigenvalue weighted by atomic mass is 35.5. The Morgan fingerprint density at radius 1 is 1.00 bits per heavy atom. The van der Waals surface area contributed by atoms with Gasteiger partial charge in [-0.15, -0.1) is 0 Å². The van der Waals surface area contributed by atoms with E-state index >= 15 is 0 Å². The molecule has 0 unspecified atom stereocenters. The molecule has 190 valence electrons. The van der Waals surface area contributed by atoms with Gasteiger partial charge in [-0.2, -0.15) is 0 Å². The lowest BCUT2D eigenvalue weighted by molar-refractivity contribution is -0.123. The number of hydrogen-bond donors (Lipinski definition) is 1. The molecule has 3 amide bonds. The lowest BCUT2D eigenvalue weighted by Gasteiger charge is -2.14. The molecule has 6 nitrogen and oxygen atoms in total. The molecule has 0 radical (unpaired) electrons. The van der Waals surface area contributed by atoms with Crippen LogP contribution in [0.15, 0.2) is 89.8 Å². The SMILES string of the molecule is Cc1ccc(NC(=O)COc2ccc(/C=C3/SC(=O)N(Cc4cccc5ccccc45)C3=O)cc2Cl)cc1. The summed E-state index contributed by atoms with van der Waals surface area (Å²) in [5.41, 5.74) is 3.32. The fourth-order valence-electron chi connectivity index (χ4n) is 4.09. The summed E-state index contributed by atoms with van der Waals surface area (Å²) in [5.74, 6) is -0.321. The largest absolute Gasteiger partial charge is 0.482 e. The molecule has 4 aromatic carbocycles. The van der Waals surface area contributed by atoms with Crippen molar-refractivity contribution in [1.82, 2.24) is 4.90 Å². The van der Waals surface area contributed by atoms with Gasteiger partial charge in [-0.05, 0) is 70.9 Å². The zero-order valence-corrected chi connectivity index (χ0v) is 22.0. The Labute approximate surface area is 229 Å². The Morgan fingerprint density at radius 3 is 2.55 bits per heavy atom. The smallest absolute Gasteiger partial charge is 0.293 e. The van der Waals surface area contributed by atoms with Crippen LogP contribution in [-0.2, 0) is 16.1 Å². The van der Waals surface area contributed by atoms with Crippen molar-refractivity contribution < 1.29 is 19.1 Å². The molecule has 0 bridgehead atoms. The van der Waals surface area contributed by atoms with Crippen LogP contribution in [0.5, 0.6) is 5.75 Å². The van der Waals surface area contributed by atoms with Crippen molar-refractivity contribution in [3.8, 4) is 5.75 Å². The molecule has 1 aliphatic heterocycles. The lowest BCUT2D eigenvalue weighted by atomic mass is 10.0. The maximum Gasteiger partial charge on any atom is 0.293 e. The minimum atomic E-state index is -0.350. The first-order chi connectivity index (χ1) is 18.4. The maximum atomic E-state index is 13.1. The number of thioether (sulfide) groups is 1. The van der Waals surface area contributed by atoms with Gasteiger partial charge in [0.2, 0.25) is 0 Å². The van der Waals surface area contributed by atoms with Gasteiger partial charge in [-0.25, -0.2) is 0 Å². The second-order valence-electron chi connectivity index (χ2n) is 8.80. The number of amides is 3. The van der Waals surface area contributed by atoms with E-state index in [1.54, 1.807) is 24.3 Å². The molecule has 8 heteroatoms. The van der Waals surface area contributed by atoms with Crippen molar-refractivity contribution in [2.75, 3.05) is 11.9 Å². The summed E-state index contributed by atoms with van der Waals surface area (Å²) in [7, 11) is 0. The highest BCUT2D eigenvalue weighted by molar-refractivity contribution is 8.18. The summed E-state index contributed by atoms with van der Waals surface area (Å²) in [6.45, 7) is 1.96. The van der Waals surface area contributed by atoms with Gasteiger partial charge >= 0.3 is 0 Å². The van der Waals surface area contributed by atoms with Gasteiger partial charge in [0.25, 0.3) is 17.1 Å². The summed E-state index contributed by atoms with van der Waals surface area (Å²) < 4.78 is 5.58. The van der Waals surface area contributed by atoms with Crippen LogP contribution in [0.1, 0.15) is 16.7 Å². The molecule has 1 saturated heterocycles. The summed E-state index contributed by atoms with van der Waals surface area (Å²) in [4.78, 5) is 39.5. The van der Waals surface area contributed by atoms with Crippen molar-refractivity contribution in [2.45, 2.75) is 13.5 Å². The zero-order valence-electron chi connectivity index (χ0n) is 20.4. The Bertz CT molecular complexity index is 1580. The van der Waals surface area contributed by atoms with Crippen molar-refractivity contribution in [2.24, 2.45) is 0 Å². The van der Waals surface area contributed by atoms with Gasteiger partial charge < -0.3 is 10.1 Å². The normalized spacial score (nSPS) is 14.4. The van der Waals surface area contributed by atoms with Crippen LogP contribution in [0, 0.1) is 6.92 Å². The minimum absolute atomic E-state index is 0.196. The fourth-order valence-corrected chi connectivity index (χ4v) is 5.17. The van der Waals surface area contributed by atoms with E-state index in [0.717, 1.165) is 33.7 Å². The van der Waals surface area contributed by atoms with E-state index in [4.69, 9.17) is 16.3 Å². The third-order valence-electron chi connectivity index (χ3n) is 6.03. The van der Waals surface area contributed by atoms with Crippen molar-refractivity contribution >= 4 is 63.0 Å². The van der Waals surface area contributed by atoms with Gasteiger partial charge in [0.05, 0.1) is 16.5 Å². The lowest BCUT2D eigenvalue weighted by Crippen LogP contribution is -2.27. The Kier molecular flexibility index (Phi) is 7.49. The molecule has 0 aromatic heterocycles. The number of carbonyl (C=O) groups excluding carboxylic acids is 3. The van der Waals surface area contributed by atoms with Crippen molar-refractivity contribution in [3.63, 3.8) is 0 Å². The number of benzene rings is 4. The summed E-state index contributed by atoms with van der Waals surface area (Å²) in [5, 5.41) is 4.79. The first-order valence-corrected chi connectivity index (χ1v) is 13.1. The summed E-state index contributed by atoms with van der Waals surface area (Å²) in [6.07, 6.45) is 1.63. The Morgan fingerprint density at radius 2 is 1.76 bits per heavy atom. The molecule has 0 spiro atoms. The van der Waals surface area contributed by atoms with Crippen molar-refractivity contribution in [3.05, 3.63) is 112 Å². The Hall–Kier alpha value is -4.07. The van der Waals surface area contributed by atoms with Gasteiger partial charge in [-0.1, -0.05) is 77.8 Å². The average Bonchev–Trinajstić information content (AvgIpc) is 3.17. The molecule has 1 aliphatic rings. The number of carbonyl (C=O) groups is 3. The molecule has 5 rings (SSSR count). The van der Waals surface area contributed by atoms with Crippen molar-refractivity contribution in [1.29, 1.82) is 0 Å². The second kappa shape index (κ2) is 11.1. The monoisotopic (exact) mass is 542 g/mol. The predicted octanol–water partition coefficient (Wildman–Crippen LogP) is 7.06. The van der Waals surface area contributed by atoms with E-state index in [2.05, 4.69) is 5.32 Å². The number of ether oxygens (including phenoxy) is 1. The number of rotatable bonds is 7. The van der Waals surface area contributed by atoms with Crippen LogP contribution in [0.25, 0.3) is 16.8 Å². The highest BCUT2D eigenvalue weighted by Crippen LogP contribution is 2.35. The van der Waals surface area contributed by atoms with E-state index in [0.29, 0.717) is 21.9 Å². The number of halogens is 1. The third kappa shape index (κ3) is 5.74. The predicted molar refractivity (Wildman–Crippen MR) is 152 cm³/mol. The van der Waals surface area contributed by atoms with Gasteiger partial charge in [0, 0.05) is 5.69 Å². The fraction of sp³-hybridized carbons (Fsp3) is 0.100. The molecule has 1 N–H and O–H groups in total. The van der Waals surface area contributed by atoms with Gasteiger partial charge in [0.15, 0.2) is 6.61 Å². The number of nitrogens with zero attached hydrogens (tertiary/aromatic N) is 1.